The average molecular weight is 828 g/mol. The Hall–Kier alpha value is -4.05. The molecule has 1 aromatic rings. The SMILES string of the molecule is COC(=O)[C@H]1CCCN1C(=O)[C@H](C)Oc1cccc(O[C@@H](C)C(=O)N2CCC[C@@H]2C(=O)OC)c1I(OC(=O)C(F)(F)F)OC(=O)C(F)(F)F. The van der Waals surface area contributed by atoms with E-state index in [-0.39, 0.29) is 25.9 Å². The monoisotopic (exact) mass is 828 g/mol. The number of hydrogen-bond donors (Lipinski definition) is 0. The van der Waals surface area contributed by atoms with E-state index in [1.807, 2.05) is 0 Å². The van der Waals surface area contributed by atoms with Gasteiger partial charge in [0.05, 0.1) is 0 Å². The van der Waals surface area contributed by atoms with Gasteiger partial charge in [0.1, 0.15) is 0 Å². The molecule has 3 rings (SSSR count). The van der Waals surface area contributed by atoms with Crippen molar-refractivity contribution in [2.45, 2.75) is 76.2 Å². The van der Waals surface area contributed by atoms with E-state index in [4.69, 9.17) is 18.9 Å². The predicted octanol–water partition coefficient (Wildman–Crippen LogP) is 3.27. The molecule has 2 fully saturated rings. The fourth-order valence-electron chi connectivity index (χ4n) is 4.90. The first-order valence-corrected chi connectivity index (χ1v) is 17.2. The second kappa shape index (κ2) is 16.1. The van der Waals surface area contributed by atoms with Crippen molar-refractivity contribution in [3.8, 4) is 11.5 Å². The number of esters is 2. The van der Waals surface area contributed by atoms with Crippen molar-refractivity contribution in [1.82, 2.24) is 9.80 Å². The van der Waals surface area contributed by atoms with E-state index in [1.54, 1.807) is 0 Å². The maximum atomic E-state index is 13.3. The van der Waals surface area contributed by atoms with Gasteiger partial charge in [-0.3, -0.25) is 0 Å². The second-order valence-corrected chi connectivity index (χ2v) is 13.7. The number of hydrogen-bond acceptors (Lipinski definition) is 12. The first kappa shape index (κ1) is 39.4. The van der Waals surface area contributed by atoms with Crippen LogP contribution in [-0.2, 0) is 44.4 Å². The van der Waals surface area contributed by atoms with Crippen LogP contribution in [-0.4, -0.2) is 109 Å². The number of amides is 2. The Kier molecular flexibility index (Phi) is 12.9. The molecule has 2 aliphatic rings. The molecule has 2 saturated heterocycles. The fraction of sp³-hybridized carbons (Fsp3) is 0.571. The predicted molar refractivity (Wildman–Crippen MR) is 157 cm³/mol. The van der Waals surface area contributed by atoms with E-state index in [1.165, 1.54) is 0 Å². The average Bonchev–Trinajstić information content (AvgIpc) is 3.73. The number of carbonyl (C=O) groups excluding carboxylic acids is 6. The van der Waals surface area contributed by atoms with Crippen LogP contribution < -0.4 is 9.47 Å². The number of halogens is 7. The van der Waals surface area contributed by atoms with Gasteiger partial charge < -0.3 is 0 Å². The van der Waals surface area contributed by atoms with Crippen LogP contribution in [0.15, 0.2) is 18.2 Å². The maximum absolute atomic E-state index is 13.3. The summed E-state index contributed by atoms with van der Waals surface area (Å²) in [5, 5.41) is 0. The van der Waals surface area contributed by atoms with Crippen molar-refractivity contribution in [2.75, 3.05) is 27.3 Å². The van der Waals surface area contributed by atoms with Crippen molar-refractivity contribution in [3.05, 3.63) is 21.8 Å². The number of rotatable bonds is 11. The van der Waals surface area contributed by atoms with Gasteiger partial charge in [-0.25, -0.2) is 0 Å². The van der Waals surface area contributed by atoms with Gasteiger partial charge in [0.25, 0.3) is 0 Å². The van der Waals surface area contributed by atoms with Crippen molar-refractivity contribution in [2.24, 2.45) is 0 Å². The molecule has 0 spiro atoms. The first-order valence-electron chi connectivity index (χ1n) is 14.3. The normalized spacial score (nSPS) is 19.3. The molecule has 2 amide bonds. The molecular weight excluding hydrogens is 797 g/mol. The summed E-state index contributed by atoms with van der Waals surface area (Å²) < 4.78 is 108. The summed E-state index contributed by atoms with van der Waals surface area (Å²) in [6, 6.07) is 1.03. The topological polar surface area (TPSA) is 164 Å². The molecule has 0 bridgehead atoms. The van der Waals surface area contributed by atoms with Crippen molar-refractivity contribution in [3.63, 3.8) is 0 Å². The van der Waals surface area contributed by atoms with E-state index in [2.05, 4.69) is 6.13 Å². The standard InChI is InChI=1S/C28H31F6IN2O12/c1-14(21(38)36-12-6-8-16(36)23(40)44-3)46-18-10-5-11-19(47-15(2)22(39)37-13-7-9-17(37)24(41)45-4)20(18)35(48-25(42)27(29,30)31)49-26(43)28(32,33)34/h5,10-11,14-17H,6-9,12-13H2,1-4H3/t14-,15-,16+,17+/m0/s1. The second-order valence-electron chi connectivity index (χ2n) is 10.5. The van der Waals surface area contributed by atoms with Gasteiger partial charge in [0, 0.05) is 0 Å². The first-order chi connectivity index (χ1) is 22.8. The number of methoxy groups -OCH3 is 2. The summed E-state index contributed by atoms with van der Waals surface area (Å²) in [6.07, 6.45) is -13.4. The molecule has 21 heteroatoms. The summed E-state index contributed by atoms with van der Waals surface area (Å²) in [5.41, 5.74) is 0. The number of benzene rings is 1. The van der Waals surface area contributed by atoms with Gasteiger partial charge >= 0.3 is 283 Å². The van der Waals surface area contributed by atoms with Gasteiger partial charge in [-0.15, -0.1) is 0 Å². The van der Waals surface area contributed by atoms with Gasteiger partial charge in [0.15, 0.2) is 0 Å². The zero-order chi connectivity index (χ0) is 36.8. The minimum atomic E-state index is -5.76. The Balaban J connectivity index is 2.08. The Morgan fingerprint density at radius 3 is 1.41 bits per heavy atom. The van der Waals surface area contributed by atoms with Crippen LogP contribution >= 0.6 is 20.6 Å². The van der Waals surface area contributed by atoms with Crippen LogP contribution in [0, 0.1) is 3.57 Å². The third kappa shape index (κ3) is 9.56. The van der Waals surface area contributed by atoms with Gasteiger partial charge in [-0.2, -0.15) is 0 Å². The Labute approximate surface area is 282 Å². The minimum absolute atomic E-state index is 0.0793. The van der Waals surface area contributed by atoms with E-state index in [0.29, 0.717) is 12.8 Å². The van der Waals surface area contributed by atoms with E-state index in [0.717, 1.165) is 56.1 Å². The quantitative estimate of drug-likeness (QED) is 0.182. The van der Waals surface area contributed by atoms with Crippen LogP contribution in [0.3, 0.4) is 0 Å². The third-order valence-corrected chi connectivity index (χ3v) is 10.7. The molecule has 0 saturated carbocycles. The number of carbonyl (C=O) groups is 6. The van der Waals surface area contributed by atoms with Gasteiger partial charge in [0.2, 0.25) is 0 Å². The van der Waals surface area contributed by atoms with Gasteiger partial charge in [-0.1, -0.05) is 0 Å². The summed E-state index contributed by atoms with van der Waals surface area (Å²) >= 11 is -5.32. The van der Waals surface area contributed by atoms with Gasteiger partial charge in [-0.05, 0) is 0 Å². The Morgan fingerprint density at radius 1 is 0.714 bits per heavy atom. The number of nitrogens with zero attached hydrogens (tertiary/aromatic N) is 2. The molecule has 0 unspecified atom stereocenters. The molecule has 0 N–H and O–H groups in total. The van der Waals surface area contributed by atoms with E-state index in [9.17, 15) is 55.1 Å². The number of alkyl halides is 6. The van der Waals surface area contributed by atoms with Crippen LogP contribution in [0.5, 0.6) is 11.5 Å². The van der Waals surface area contributed by atoms with E-state index < -0.39 is 108 Å². The van der Waals surface area contributed by atoms with Crippen LogP contribution in [0.4, 0.5) is 26.3 Å². The number of ether oxygens (including phenoxy) is 4. The van der Waals surface area contributed by atoms with E-state index >= 15 is 0 Å². The molecule has 0 aromatic heterocycles. The Morgan fingerprint density at radius 2 is 1.08 bits per heavy atom. The van der Waals surface area contributed by atoms with Crippen molar-refractivity contribution in [1.29, 1.82) is 0 Å². The molecule has 274 valence electrons. The molecule has 49 heavy (non-hydrogen) atoms. The summed E-state index contributed by atoms with van der Waals surface area (Å²) in [5.74, 6) is -10.6. The molecule has 2 heterocycles. The molecule has 1 aromatic carbocycles. The molecule has 14 nitrogen and oxygen atoms in total. The molecule has 0 radical (unpaired) electrons. The molecule has 2 aliphatic heterocycles. The van der Waals surface area contributed by atoms with Crippen LogP contribution in [0.1, 0.15) is 39.5 Å². The summed E-state index contributed by atoms with van der Waals surface area (Å²) in [4.78, 5) is 77.0. The van der Waals surface area contributed by atoms with Crippen molar-refractivity contribution < 1.29 is 80.2 Å². The zero-order valence-electron chi connectivity index (χ0n) is 26.2. The molecule has 0 aliphatic carbocycles. The van der Waals surface area contributed by atoms with Crippen LogP contribution in [0.2, 0.25) is 0 Å². The summed E-state index contributed by atoms with van der Waals surface area (Å²) in [7, 11) is 2.20. The molecule has 4 atom stereocenters. The third-order valence-electron chi connectivity index (χ3n) is 7.15. The summed E-state index contributed by atoms with van der Waals surface area (Å²) in [6.45, 7) is 2.47. The van der Waals surface area contributed by atoms with Crippen molar-refractivity contribution >= 4 is 56.3 Å². The van der Waals surface area contributed by atoms with Crippen LogP contribution in [0.25, 0.3) is 0 Å². The molecular formula is C28H31F6IN2O12. The number of likely N-dealkylation sites (tertiary alicyclic amines) is 2. The fourth-order valence-corrected chi connectivity index (χ4v) is 8.14. The zero-order valence-corrected chi connectivity index (χ0v) is 28.4. The Bertz CT molecular complexity index is 1340.